The second kappa shape index (κ2) is 5.32. The van der Waals surface area contributed by atoms with Gasteiger partial charge in [0.1, 0.15) is 0 Å². The number of hydrogen-bond acceptors (Lipinski definition) is 1. The Balaban J connectivity index is 2.11. The van der Waals surface area contributed by atoms with Crippen molar-refractivity contribution in [3.8, 4) is 0 Å². The molecule has 0 amide bonds. The Kier molecular flexibility index (Phi) is 4.15. The molecule has 0 heterocycles. The summed E-state index contributed by atoms with van der Waals surface area (Å²) >= 11 is 0.528. The summed E-state index contributed by atoms with van der Waals surface area (Å²) in [6.07, 6.45) is 1.15. The van der Waals surface area contributed by atoms with E-state index in [2.05, 4.69) is 50.0 Å². The van der Waals surface area contributed by atoms with Gasteiger partial charge in [-0.2, -0.15) is 0 Å². The molecule has 0 bridgehead atoms. The average molecular weight is 325 g/mol. The van der Waals surface area contributed by atoms with Crippen LogP contribution in [-0.4, -0.2) is 28.8 Å². The second-order valence-corrected chi connectivity index (χ2v) is 15.2. The van der Waals surface area contributed by atoms with Crippen LogP contribution in [0.5, 0.6) is 0 Å². The van der Waals surface area contributed by atoms with E-state index in [1.165, 1.54) is 4.46 Å². The Morgan fingerprint density at radius 1 is 1.28 bits per heavy atom. The predicted molar refractivity (Wildman–Crippen MR) is 81.2 cm³/mol. The van der Waals surface area contributed by atoms with Gasteiger partial charge in [-0.1, -0.05) is 0 Å². The molecule has 1 saturated carbocycles. The Bertz CT molecular complexity index is 424. The monoisotopic (exact) mass is 326 g/mol. The summed E-state index contributed by atoms with van der Waals surface area (Å²) in [5, 5.41) is 0. The Morgan fingerprint density at radius 3 is 2.33 bits per heavy atom. The number of rotatable bonds is 5. The molecule has 1 aliphatic carbocycles. The molecule has 3 atom stereocenters. The second-order valence-electron chi connectivity index (χ2n) is 6.33. The van der Waals surface area contributed by atoms with Gasteiger partial charge in [0.15, 0.2) is 0 Å². The number of hydrogen-bond donors (Lipinski definition) is 0. The Morgan fingerprint density at radius 2 is 1.89 bits per heavy atom. The topological polar surface area (TPSA) is 17.1 Å². The fourth-order valence-corrected chi connectivity index (χ4v) is 9.78. The normalized spacial score (nSPS) is 24.7. The molecule has 98 valence electrons. The molecular weight excluding hydrogens is 303 g/mol. The molecule has 18 heavy (non-hydrogen) atoms. The summed E-state index contributed by atoms with van der Waals surface area (Å²) in [6.45, 7) is 9.13. The average Bonchev–Trinajstić information content (AvgIpc) is 3.05. The van der Waals surface area contributed by atoms with Crippen molar-refractivity contribution < 1.29 is 4.79 Å². The Hall–Kier alpha value is -0.374. The van der Waals surface area contributed by atoms with E-state index in [9.17, 15) is 4.79 Å². The first kappa shape index (κ1) is 14.0. The van der Waals surface area contributed by atoms with Crippen LogP contribution in [-0.2, 0) is 4.79 Å². The molecule has 0 radical (unpaired) electrons. The SMILES string of the molecule is CC(=O)C1CC1C([Se]c1ccccc1)[Si](C)(C)C. The van der Waals surface area contributed by atoms with Crippen LogP contribution in [0.2, 0.25) is 24.1 Å². The van der Waals surface area contributed by atoms with Crippen LogP contribution >= 0.6 is 0 Å². The van der Waals surface area contributed by atoms with Crippen molar-refractivity contribution in [2.24, 2.45) is 11.8 Å². The van der Waals surface area contributed by atoms with E-state index in [-0.39, 0.29) is 0 Å². The Labute approximate surface area is 118 Å². The molecule has 1 aromatic rings. The number of carbonyl (C=O) groups excluding carboxylic acids is 1. The van der Waals surface area contributed by atoms with Crippen molar-refractivity contribution in [1.82, 2.24) is 0 Å². The number of ketones is 1. The van der Waals surface area contributed by atoms with Gasteiger partial charge in [0.2, 0.25) is 0 Å². The summed E-state index contributed by atoms with van der Waals surface area (Å²) in [6, 6.07) is 10.8. The summed E-state index contributed by atoms with van der Waals surface area (Å²) in [7, 11) is -1.18. The maximum atomic E-state index is 11.5. The van der Waals surface area contributed by atoms with Crippen LogP contribution in [0, 0.1) is 11.8 Å². The summed E-state index contributed by atoms with van der Waals surface area (Å²) < 4.78 is 2.30. The zero-order chi connectivity index (χ0) is 13.3. The molecule has 1 fully saturated rings. The van der Waals surface area contributed by atoms with Gasteiger partial charge in [-0.15, -0.1) is 0 Å². The molecule has 0 N–H and O–H groups in total. The molecule has 0 aliphatic heterocycles. The first-order valence-corrected chi connectivity index (χ1v) is 12.0. The van der Waals surface area contributed by atoms with E-state index in [4.69, 9.17) is 0 Å². The molecule has 0 aromatic heterocycles. The molecule has 2 rings (SSSR count). The quantitative estimate of drug-likeness (QED) is 0.761. The molecule has 3 heteroatoms. The van der Waals surface area contributed by atoms with Gasteiger partial charge in [-0.05, 0) is 0 Å². The summed E-state index contributed by atoms with van der Waals surface area (Å²) in [5.74, 6) is 1.48. The first-order chi connectivity index (χ1) is 8.39. The van der Waals surface area contributed by atoms with Crippen molar-refractivity contribution in [3.05, 3.63) is 30.3 Å². The molecule has 3 unspecified atom stereocenters. The minimum absolute atomic E-state index is 0.382. The number of Topliss-reactive ketones (excluding diaryl/α,β-unsaturated/α-hetero) is 1. The van der Waals surface area contributed by atoms with Crippen LogP contribution in [0.1, 0.15) is 13.3 Å². The maximum absolute atomic E-state index is 11.5. The molecular formula is C15H22OSeSi. The van der Waals surface area contributed by atoms with Gasteiger partial charge in [-0.3, -0.25) is 0 Å². The fourth-order valence-electron chi connectivity index (χ4n) is 2.57. The first-order valence-electron chi connectivity index (χ1n) is 6.62. The van der Waals surface area contributed by atoms with Crippen LogP contribution in [0.3, 0.4) is 0 Å². The van der Waals surface area contributed by atoms with Gasteiger partial charge >= 0.3 is 118 Å². The van der Waals surface area contributed by atoms with Gasteiger partial charge in [0.05, 0.1) is 0 Å². The third kappa shape index (κ3) is 3.34. The summed E-state index contributed by atoms with van der Waals surface area (Å²) in [4.78, 5) is 11.5. The molecule has 0 saturated heterocycles. The molecule has 0 spiro atoms. The van der Waals surface area contributed by atoms with Gasteiger partial charge in [0.25, 0.3) is 0 Å². The van der Waals surface area contributed by atoms with E-state index in [0.29, 0.717) is 32.6 Å². The third-order valence-corrected chi connectivity index (χ3v) is 13.2. The van der Waals surface area contributed by atoms with E-state index < -0.39 is 8.07 Å². The van der Waals surface area contributed by atoms with Gasteiger partial charge in [0, 0.05) is 0 Å². The van der Waals surface area contributed by atoms with Gasteiger partial charge in [-0.25, -0.2) is 0 Å². The standard InChI is InChI=1S/C15H22OSeSi/c1-11(16)13-10-14(13)15(18(2,3)4)17-12-8-6-5-7-9-12/h5-9,13-15H,10H2,1-4H3. The predicted octanol–water partition coefficient (Wildman–Crippen LogP) is 2.91. The van der Waals surface area contributed by atoms with E-state index in [1.54, 1.807) is 6.92 Å². The van der Waals surface area contributed by atoms with Crippen molar-refractivity contribution in [3.63, 3.8) is 0 Å². The van der Waals surface area contributed by atoms with E-state index in [0.717, 1.165) is 10.9 Å². The molecule has 1 aromatic carbocycles. The molecule has 1 nitrogen and oxygen atoms in total. The zero-order valence-corrected chi connectivity index (χ0v) is 14.4. The van der Waals surface area contributed by atoms with Crippen LogP contribution in [0.15, 0.2) is 30.3 Å². The van der Waals surface area contributed by atoms with Crippen molar-refractivity contribution in [2.75, 3.05) is 0 Å². The fraction of sp³-hybridized carbons (Fsp3) is 0.533. The van der Waals surface area contributed by atoms with E-state index >= 15 is 0 Å². The summed E-state index contributed by atoms with van der Waals surface area (Å²) in [5.41, 5.74) is 0. The van der Waals surface area contributed by atoms with Gasteiger partial charge < -0.3 is 0 Å². The minimum atomic E-state index is -1.18. The van der Waals surface area contributed by atoms with Crippen molar-refractivity contribution >= 4 is 33.3 Å². The van der Waals surface area contributed by atoms with Crippen LogP contribution < -0.4 is 4.46 Å². The molecule has 1 aliphatic rings. The van der Waals surface area contributed by atoms with Crippen molar-refractivity contribution in [1.29, 1.82) is 0 Å². The van der Waals surface area contributed by atoms with Crippen LogP contribution in [0.4, 0.5) is 0 Å². The zero-order valence-electron chi connectivity index (χ0n) is 11.6. The third-order valence-electron chi connectivity index (χ3n) is 3.61. The van der Waals surface area contributed by atoms with E-state index in [1.807, 2.05) is 0 Å². The van der Waals surface area contributed by atoms with Crippen molar-refractivity contribution in [2.45, 2.75) is 37.4 Å². The number of benzene rings is 1. The number of carbonyl (C=O) groups is 1. The van der Waals surface area contributed by atoms with Crippen LogP contribution in [0.25, 0.3) is 0 Å².